The van der Waals surface area contributed by atoms with Crippen LogP contribution in [0, 0.1) is 5.82 Å². The molecule has 24 heavy (non-hydrogen) atoms. The average Bonchev–Trinajstić information content (AvgIpc) is 3.41. The Hall–Kier alpha value is -1.32. The largest absolute Gasteiger partial charge is 0.371 e. The summed E-state index contributed by atoms with van der Waals surface area (Å²) in [6.45, 7) is 2.79. The molecule has 0 amide bonds. The summed E-state index contributed by atoms with van der Waals surface area (Å²) in [5, 5.41) is -0.164. The lowest BCUT2D eigenvalue weighted by Crippen LogP contribution is -2.58. The number of anilines is 1. The zero-order chi connectivity index (χ0) is 16.8. The molecule has 4 rings (SSSR count). The van der Waals surface area contributed by atoms with Crippen molar-refractivity contribution in [1.82, 2.24) is 14.3 Å². The van der Waals surface area contributed by atoms with Gasteiger partial charge in [-0.15, -0.1) is 0 Å². The number of aromatic nitrogens is 2. The van der Waals surface area contributed by atoms with Crippen molar-refractivity contribution in [3.05, 3.63) is 18.2 Å². The molecule has 1 saturated carbocycles. The molecule has 0 aromatic carbocycles. The highest BCUT2D eigenvalue weighted by atomic mass is 32.2. The molecule has 0 N–H and O–H groups in total. The predicted octanol–water partition coefficient (Wildman–Crippen LogP) is 0.779. The fraction of sp³-hybridized carbons (Fsp3) is 0.733. The van der Waals surface area contributed by atoms with Gasteiger partial charge in [-0.05, 0) is 25.7 Å². The van der Waals surface area contributed by atoms with Crippen LogP contribution >= 0.6 is 0 Å². The van der Waals surface area contributed by atoms with Crippen molar-refractivity contribution in [3.63, 3.8) is 0 Å². The van der Waals surface area contributed by atoms with Gasteiger partial charge >= 0.3 is 0 Å². The van der Waals surface area contributed by atoms with E-state index in [0.717, 1.165) is 25.2 Å². The molecule has 3 aliphatic rings. The van der Waals surface area contributed by atoms with Gasteiger partial charge in [0, 0.05) is 19.6 Å². The predicted molar refractivity (Wildman–Crippen MR) is 85.6 cm³/mol. The Bertz CT molecular complexity index is 700. The Kier molecular flexibility index (Phi) is 3.97. The van der Waals surface area contributed by atoms with Crippen LogP contribution in [-0.2, 0) is 14.8 Å². The number of sulfonamides is 1. The molecule has 1 aliphatic carbocycles. The third kappa shape index (κ3) is 3.00. The lowest BCUT2D eigenvalue weighted by atomic mass is 9.90. The quantitative estimate of drug-likeness (QED) is 0.797. The second-order valence-corrected chi connectivity index (χ2v) is 9.01. The molecule has 7 nitrogen and oxygen atoms in total. The number of piperidine rings is 1. The second kappa shape index (κ2) is 5.89. The summed E-state index contributed by atoms with van der Waals surface area (Å²) in [4.78, 5) is 10.1. The zero-order valence-electron chi connectivity index (χ0n) is 13.4. The summed E-state index contributed by atoms with van der Waals surface area (Å²) in [5.41, 5.74) is -0.369. The van der Waals surface area contributed by atoms with E-state index in [1.165, 1.54) is 0 Å². The molecule has 0 radical (unpaired) electrons. The summed E-state index contributed by atoms with van der Waals surface area (Å²) in [5.74, 6) is 0.0346. The Balaban J connectivity index is 1.43. The Morgan fingerprint density at radius 3 is 2.46 bits per heavy atom. The minimum atomic E-state index is -3.12. The van der Waals surface area contributed by atoms with Crippen LogP contribution in [0.4, 0.5) is 10.3 Å². The van der Waals surface area contributed by atoms with Gasteiger partial charge in [-0.3, -0.25) is 0 Å². The number of rotatable bonds is 3. The lowest BCUT2D eigenvalue weighted by molar-refractivity contribution is -0.0829. The summed E-state index contributed by atoms with van der Waals surface area (Å²) in [6, 6.07) is 0. The van der Waals surface area contributed by atoms with Gasteiger partial charge in [0.25, 0.3) is 0 Å². The molecule has 1 aromatic heterocycles. The first-order valence-corrected chi connectivity index (χ1v) is 9.84. The standard InChI is InChI=1S/C15H21FN4O3S/c16-12-9-17-14(18-10-12)19-7-8-23-15(11-19)3-5-20(6-4-15)24(21,22)13-1-2-13/h9-10,13H,1-8,11H2. The van der Waals surface area contributed by atoms with E-state index >= 15 is 0 Å². The van der Waals surface area contributed by atoms with E-state index in [1.54, 1.807) is 4.31 Å². The van der Waals surface area contributed by atoms with Crippen molar-refractivity contribution in [2.75, 3.05) is 37.7 Å². The number of morpholine rings is 1. The number of hydrogen-bond donors (Lipinski definition) is 0. The van der Waals surface area contributed by atoms with Crippen LogP contribution in [0.25, 0.3) is 0 Å². The lowest BCUT2D eigenvalue weighted by Gasteiger charge is -2.46. The van der Waals surface area contributed by atoms with E-state index in [-0.39, 0.29) is 10.9 Å². The van der Waals surface area contributed by atoms with Gasteiger partial charge in [-0.1, -0.05) is 0 Å². The van der Waals surface area contributed by atoms with Gasteiger partial charge < -0.3 is 9.64 Å². The first kappa shape index (κ1) is 16.2. The van der Waals surface area contributed by atoms with Crippen LogP contribution in [0.2, 0.25) is 0 Å². The second-order valence-electron chi connectivity index (χ2n) is 6.80. The van der Waals surface area contributed by atoms with E-state index in [9.17, 15) is 12.8 Å². The summed E-state index contributed by atoms with van der Waals surface area (Å²) in [7, 11) is -3.12. The van der Waals surface area contributed by atoms with Crippen molar-refractivity contribution in [3.8, 4) is 0 Å². The number of halogens is 1. The normalized spacial score (nSPS) is 25.1. The Labute approximate surface area is 140 Å². The summed E-state index contributed by atoms with van der Waals surface area (Å²) in [6.07, 6.45) is 5.23. The van der Waals surface area contributed by atoms with Gasteiger partial charge in [0.1, 0.15) is 0 Å². The van der Waals surface area contributed by atoms with E-state index in [2.05, 4.69) is 9.97 Å². The van der Waals surface area contributed by atoms with E-state index in [4.69, 9.17) is 4.74 Å². The highest BCUT2D eigenvalue weighted by molar-refractivity contribution is 7.90. The molecule has 2 aliphatic heterocycles. The fourth-order valence-corrected chi connectivity index (χ4v) is 5.36. The number of nitrogens with zero attached hydrogens (tertiary/aromatic N) is 4. The minimum absolute atomic E-state index is 0.164. The van der Waals surface area contributed by atoms with Crippen LogP contribution < -0.4 is 4.90 Å². The Morgan fingerprint density at radius 2 is 1.83 bits per heavy atom. The molecule has 9 heteroatoms. The van der Waals surface area contributed by atoms with Crippen LogP contribution in [0.5, 0.6) is 0 Å². The van der Waals surface area contributed by atoms with E-state index in [0.29, 0.717) is 51.6 Å². The third-order valence-electron chi connectivity index (χ3n) is 5.08. The first-order valence-electron chi connectivity index (χ1n) is 8.34. The molecule has 3 heterocycles. The topological polar surface area (TPSA) is 75.6 Å². The number of hydrogen-bond acceptors (Lipinski definition) is 6. The molecule has 2 saturated heterocycles. The van der Waals surface area contributed by atoms with Crippen LogP contribution in [0.3, 0.4) is 0 Å². The first-order chi connectivity index (χ1) is 11.5. The van der Waals surface area contributed by atoms with Gasteiger partial charge in [0.05, 0.1) is 36.4 Å². The molecular weight excluding hydrogens is 335 g/mol. The van der Waals surface area contributed by atoms with Gasteiger partial charge in [0.2, 0.25) is 16.0 Å². The van der Waals surface area contributed by atoms with Crippen LogP contribution in [-0.4, -0.2) is 66.3 Å². The number of ether oxygens (including phenoxy) is 1. The van der Waals surface area contributed by atoms with Crippen molar-refractivity contribution in [2.45, 2.75) is 36.5 Å². The summed E-state index contributed by atoms with van der Waals surface area (Å²) >= 11 is 0. The average molecular weight is 356 g/mol. The van der Waals surface area contributed by atoms with Gasteiger partial charge in [-0.25, -0.2) is 27.1 Å². The van der Waals surface area contributed by atoms with E-state index in [1.807, 2.05) is 4.90 Å². The van der Waals surface area contributed by atoms with Gasteiger partial charge in [-0.2, -0.15) is 0 Å². The van der Waals surface area contributed by atoms with Crippen molar-refractivity contribution < 1.29 is 17.5 Å². The van der Waals surface area contributed by atoms with Crippen LogP contribution in [0.1, 0.15) is 25.7 Å². The molecular formula is C15H21FN4O3S. The van der Waals surface area contributed by atoms with Crippen molar-refractivity contribution in [2.24, 2.45) is 0 Å². The molecule has 0 bridgehead atoms. The van der Waals surface area contributed by atoms with Crippen molar-refractivity contribution >= 4 is 16.0 Å². The smallest absolute Gasteiger partial charge is 0.225 e. The molecule has 0 unspecified atom stereocenters. The maximum atomic E-state index is 13.0. The zero-order valence-corrected chi connectivity index (χ0v) is 14.2. The molecule has 0 atom stereocenters. The molecule has 132 valence electrons. The summed E-state index contributed by atoms with van der Waals surface area (Å²) < 4.78 is 45.4. The molecule has 1 spiro atoms. The molecule has 1 aromatic rings. The SMILES string of the molecule is O=S(=O)(C1CC1)N1CCC2(CC1)CN(c1ncc(F)cn1)CCO2. The van der Waals surface area contributed by atoms with E-state index < -0.39 is 15.8 Å². The fourth-order valence-electron chi connectivity index (χ4n) is 3.51. The monoisotopic (exact) mass is 356 g/mol. The highest BCUT2D eigenvalue weighted by Gasteiger charge is 2.46. The minimum Gasteiger partial charge on any atom is -0.371 e. The maximum Gasteiger partial charge on any atom is 0.225 e. The third-order valence-corrected chi connectivity index (χ3v) is 7.48. The van der Waals surface area contributed by atoms with Crippen LogP contribution in [0.15, 0.2) is 12.4 Å². The highest BCUT2D eigenvalue weighted by Crippen LogP contribution is 2.36. The maximum absolute atomic E-state index is 13.0. The van der Waals surface area contributed by atoms with Gasteiger partial charge in [0.15, 0.2) is 5.82 Å². The van der Waals surface area contributed by atoms with Crippen molar-refractivity contribution in [1.29, 1.82) is 0 Å². The Morgan fingerprint density at radius 1 is 1.17 bits per heavy atom. The molecule has 3 fully saturated rings.